The van der Waals surface area contributed by atoms with Crippen molar-refractivity contribution >= 4 is 28.9 Å². The Kier molecular flexibility index (Phi) is 4.41. The SMILES string of the molecule is N#CC(C#N)=CNNc1c(Cl)cncc1Cl. The maximum Gasteiger partial charge on any atom is 0.147 e. The van der Waals surface area contributed by atoms with Crippen LogP contribution < -0.4 is 10.9 Å². The van der Waals surface area contributed by atoms with Gasteiger partial charge in [-0.05, 0) is 0 Å². The van der Waals surface area contributed by atoms with Crippen molar-refractivity contribution in [2.24, 2.45) is 0 Å². The van der Waals surface area contributed by atoms with E-state index in [0.29, 0.717) is 15.7 Å². The number of hydrogen-bond acceptors (Lipinski definition) is 5. The first-order valence-electron chi connectivity index (χ1n) is 4.00. The number of nitriles is 2. The van der Waals surface area contributed by atoms with Gasteiger partial charge in [0.25, 0.3) is 0 Å². The van der Waals surface area contributed by atoms with Gasteiger partial charge in [0.05, 0.1) is 15.7 Å². The van der Waals surface area contributed by atoms with Crippen molar-refractivity contribution in [1.29, 1.82) is 10.5 Å². The largest absolute Gasteiger partial charge is 0.306 e. The molecule has 7 heteroatoms. The first-order valence-corrected chi connectivity index (χ1v) is 4.75. The van der Waals surface area contributed by atoms with E-state index in [0.717, 1.165) is 0 Å². The van der Waals surface area contributed by atoms with E-state index in [4.69, 9.17) is 33.7 Å². The number of pyridine rings is 1. The molecule has 0 aliphatic heterocycles. The standard InChI is InChI=1S/C9H5Cl2N5/c10-7-4-14-5-8(11)9(7)16-15-3-6(1-12)2-13/h3-5,15H,(H,14,16). The van der Waals surface area contributed by atoms with Gasteiger partial charge in [0.15, 0.2) is 0 Å². The van der Waals surface area contributed by atoms with Gasteiger partial charge in [-0.1, -0.05) is 23.2 Å². The maximum atomic E-state index is 8.46. The Morgan fingerprint density at radius 3 is 2.31 bits per heavy atom. The second kappa shape index (κ2) is 5.82. The summed E-state index contributed by atoms with van der Waals surface area (Å²) in [5, 5.41) is 17.6. The number of hydrogen-bond donors (Lipinski definition) is 2. The van der Waals surface area contributed by atoms with E-state index in [1.807, 2.05) is 0 Å². The molecule has 0 atom stereocenters. The first kappa shape index (κ1) is 12.1. The Balaban J connectivity index is 2.74. The van der Waals surface area contributed by atoms with E-state index in [-0.39, 0.29) is 5.57 Å². The van der Waals surface area contributed by atoms with Crippen LogP contribution >= 0.6 is 23.2 Å². The minimum absolute atomic E-state index is 0.0752. The molecule has 0 amide bonds. The normalized spacial score (nSPS) is 8.50. The Morgan fingerprint density at radius 2 is 1.81 bits per heavy atom. The van der Waals surface area contributed by atoms with E-state index in [9.17, 15) is 0 Å². The number of aromatic nitrogens is 1. The fraction of sp³-hybridized carbons (Fsp3) is 0. The van der Waals surface area contributed by atoms with Crippen LogP contribution in [0, 0.1) is 22.7 Å². The molecule has 0 saturated heterocycles. The van der Waals surface area contributed by atoms with E-state index in [2.05, 4.69) is 15.8 Å². The molecule has 0 radical (unpaired) electrons. The highest BCUT2D eigenvalue weighted by molar-refractivity contribution is 6.38. The van der Waals surface area contributed by atoms with Crippen molar-refractivity contribution in [3.8, 4) is 12.1 Å². The van der Waals surface area contributed by atoms with Gasteiger partial charge in [-0.15, -0.1) is 0 Å². The average Bonchev–Trinajstić information content (AvgIpc) is 2.28. The number of hydrazine groups is 1. The molecule has 1 aromatic rings. The van der Waals surface area contributed by atoms with Crippen molar-refractivity contribution in [2.75, 3.05) is 5.43 Å². The average molecular weight is 254 g/mol. The van der Waals surface area contributed by atoms with Gasteiger partial charge < -0.3 is 5.43 Å². The Hall–Kier alpha value is -1.95. The summed E-state index contributed by atoms with van der Waals surface area (Å²) >= 11 is 11.6. The van der Waals surface area contributed by atoms with Gasteiger partial charge in [0, 0.05) is 18.6 Å². The summed E-state index contributed by atoms with van der Waals surface area (Å²) in [7, 11) is 0. The van der Waals surface area contributed by atoms with Crippen LogP contribution in [-0.4, -0.2) is 4.98 Å². The van der Waals surface area contributed by atoms with Gasteiger partial charge in [0.2, 0.25) is 0 Å². The van der Waals surface area contributed by atoms with E-state index in [1.54, 1.807) is 12.1 Å². The van der Waals surface area contributed by atoms with Crippen LogP contribution in [0.25, 0.3) is 0 Å². The predicted molar refractivity (Wildman–Crippen MR) is 60.3 cm³/mol. The molecule has 16 heavy (non-hydrogen) atoms. The summed E-state index contributed by atoms with van der Waals surface area (Å²) in [4.78, 5) is 3.77. The van der Waals surface area contributed by atoms with Crippen LogP contribution in [-0.2, 0) is 0 Å². The molecule has 0 aliphatic rings. The number of nitrogens with one attached hydrogen (secondary N) is 2. The quantitative estimate of drug-likeness (QED) is 0.638. The van der Waals surface area contributed by atoms with Gasteiger partial charge in [-0.25, -0.2) is 0 Å². The van der Waals surface area contributed by atoms with Crippen LogP contribution in [0.1, 0.15) is 0 Å². The van der Waals surface area contributed by atoms with Crippen molar-refractivity contribution in [3.05, 3.63) is 34.2 Å². The van der Waals surface area contributed by atoms with E-state index < -0.39 is 0 Å². The highest BCUT2D eigenvalue weighted by atomic mass is 35.5. The molecular formula is C9H5Cl2N5. The lowest BCUT2D eigenvalue weighted by Crippen LogP contribution is -2.15. The minimum atomic E-state index is -0.0752. The van der Waals surface area contributed by atoms with Gasteiger partial charge in [0.1, 0.15) is 17.7 Å². The number of rotatable bonds is 3. The molecule has 0 spiro atoms. The summed E-state index contributed by atoms with van der Waals surface area (Å²) in [5.74, 6) is 0. The fourth-order valence-electron chi connectivity index (χ4n) is 0.801. The summed E-state index contributed by atoms with van der Waals surface area (Å²) in [6.07, 6.45) is 4.03. The Bertz CT molecular complexity index is 461. The number of allylic oxidation sites excluding steroid dienone is 1. The number of halogens is 2. The number of nitrogens with zero attached hydrogens (tertiary/aromatic N) is 3. The van der Waals surface area contributed by atoms with Crippen molar-refractivity contribution < 1.29 is 0 Å². The fourth-order valence-corrected chi connectivity index (χ4v) is 1.26. The summed E-state index contributed by atoms with van der Waals surface area (Å²) in [6.45, 7) is 0. The predicted octanol–water partition coefficient (Wildman–Crippen LogP) is 2.24. The monoisotopic (exact) mass is 253 g/mol. The molecule has 0 aromatic carbocycles. The second-order valence-corrected chi connectivity index (χ2v) is 3.34. The molecule has 0 unspecified atom stereocenters. The summed E-state index contributed by atoms with van der Waals surface area (Å²) in [5.41, 5.74) is 5.53. The molecule has 0 bridgehead atoms. The zero-order chi connectivity index (χ0) is 12.0. The van der Waals surface area contributed by atoms with E-state index >= 15 is 0 Å². The van der Waals surface area contributed by atoms with Crippen LogP contribution in [0.2, 0.25) is 10.0 Å². The first-order chi connectivity index (χ1) is 7.69. The van der Waals surface area contributed by atoms with Gasteiger partial charge in [-0.2, -0.15) is 10.5 Å². The Labute approximate surface area is 102 Å². The van der Waals surface area contributed by atoms with Crippen molar-refractivity contribution in [1.82, 2.24) is 10.4 Å². The van der Waals surface area contributed by atoms with Crippen LogP contribution in [0.5, 0.6) is 0 Å². The third-order valence-electron chi connectivity index (χ3n) is 1.51. The lowest BCUT2D eigenvalue weighted by Gasteiger charge is -2.08. The molecule has 0 aliphatic carbocycles. The molecule has 0 fully saturated rings. The highest BCUT2D eigenvalue weighted by Crippen LogP contribution is 2.27. The molecule has 1 heterocycles. The second-order valence-electron chi connectivity index (χ2n) is 2.53. The molecule has 1 aromatic heterocycles. The Morgan fingerprint density at radius 1 is 1.25 bits per heavy atom. The number of anilines is 1. The molecule has 80 valence electrons. The third kappa shape index (κ3) is 3.03. The molecule has 5 nitrogen and oxygen atoms in total. The zero-order valence-electron chi connectivity index (χ0n) is 7.83. The molecule has 2 N–H and O–H groups in total. The maximum absolute atomic E-state index is 8.46. The lowest BCUT2D eigenvalue weighted by atomic mass is 10.4. The van der Waals surface area contributed by atoms with Crippen LogP contribution in [0.15, 0.2) is 24.2 Å². The third-order valence-corrected chi connectivity index (χ3v) is 2.08. The van der Waals surface area contributed by atoms with Crippen LogP contribution in [0.3, 0.4) is 0 Å². The highest BCUT2D eigenvalue weighted by Gasteiger charge is 2.04. The minimum Gasteiger partial charge on any atom is -0.306 e. The van der Waals surface area contributed by atoms with Gasteiger partial charge >= 0.3 is 0 Å². The van der Waals surface area contributed by atoms with Crippen molar-refractivity contribution in [3.63, 3.8) is 0 Å². The summed E-state index contributed by atoms with van der Waals surface area (Å²) in [6, 6.07) is 3.37. The smallest absolute Gasteiger partial charge is 0.147 e. The van der Waals surface area contributed by atoms with E-state index in [1.165, 1.54) is 18.6 Å². The molecule has 0 saturated carbocycles. The van der Waals surface area contributed by atoms with Crippen molar-refractivity contribution in [2.45, 2.75) is 0 Å². The lowest BCUT2D eigenvalue weighted by molar-refractivity contribution is 1.05. The zero-order valence-corrected chi connectivity index (χ0v) is 9.34. The topological polar surface area (TPSA) is 84.5 Å². The summed E-state index contributed by atoms with van der Waals surface area (Å²) < 4.78 is 0. The van der Waals surface area contributed by atoms with Crippen LogP contribution in [0.4, 0.5) is 5.69 Å². The van der Waals surface area contributed by atoms with Gasteiger partial charge in [-0.3, -0.25) is 10.4 Å². The molecular weight excluding hydrogens is 249 g/mol. The molecule has 1 rings (SSSR count).